The minimum Gasteiger partial charge on any atom is -0.348 e. The van der Waals surface area contributed by atoms with Gasteiger partial charge in [-0.3, -0.25) is 0 Å². The number of aromatic nitrogens is 2. The molecule has 7 nitrogen and oxygen atoms in total. The number of nitriles is 1. The van der Waals surface area contributed by atoms with E-state index in [2.05, 4.69) is 26.5 Å². The first-order chi connectivity index (χ1) is 18.2. The molecule has 0 spiro atoms. The molecule has 5 rings (SSSR count). The maximum atomic E-state index is 12.8. The maximum Gasteiger partial charge on any atom is 0.416 e. The summed E-state index contributed by atoms with van der Waals surface area (Å²) in [5.41, 5.74) is 1.68. The molecule has 39 heavy (non-hydrogen) atoms. The van der Waals surface area contributed by atoms with Crippen molar-refractivity contribution >= 4 is 40.7 Å². The molecular formula is C28H24ClF3N6O. The number of hydrogen-bond acceptors (Lipinski definition) is 5. The van der Waals surface area contributed by atoms with Crippen LogP contribution in [-0.4, -0.2) is 46.8 Å². The molecule has 1 aliphatic rings. The van der Waals surface area contributed by atoms with Crippen LogP contribution < -0.4 is 10.2 Å². The molecule has 3 aromatic carbocycles. The first-order valence-electron chi connectivity index (χ1n) is 12.0. The van der Waals surface area contributed by atoms with Crippen LogP contribution in [0, 0.1) is 11.3 Å². The summed E-state index contributed by atoms with van der Waals surface area (Å²) in [6, 6.07) is 21.1. The minimum absolute atomic E-state index is 0. The minimum atomic E-state index is -4.43. The SMILES string of the molecule is C[C@H]1CN(C(=O)Nc2ccc(C(F)(F)F)cc2)CCN1c1nnc(-c2ccc(C#N)cc2)c2ccccc12.Cl. The number of carbonyl (C=O) groups excluding carboxylic acids is 1. The summed E-state index contributed by atoms with van der Waals surface area (Å²) >= 11 is 0. The highest BCUT2D eigenvalue weighted by Gasteiger charge is 2.31. The second-order valence-electron chi connectivity index (χ2n) is 9.10. The van der Waals surface area contributed by atoms with Crippen LogP contribution in [0.4, 0.5) is 29.5 Å². The van der Waals surface area contributed by atoms with E-state index < -0.39 is 11.7 Å². The number of piperazine rings is 1. The Morgan fingerprint density at radius 3 is 2.26 bits per heavy atom. The van der Waals surface area contributed by atoms with Gasteiger partial charge in [-0.1, -0.05) is 36.4 Å². The van der Waals surface area contributed by atoms with Crippen LogP contribution in [-0.2, 0) is 6.18 Å². The first kappa shape index (κ1) is 27.7. The summed E-state index contributed by atoms with van der Waals surface area (Å²) in [7, 11) is 0. The fourth-order valence-corrected chi connectivity index (χ4v) is 4.62. The van der Waals surface area contributed by atoms with E-state index in [1.165, 1.54) is 12.1 Å². The van der Waals surface area contributed by atoms with Crippen molar-refractivity contribution in [3.05, 3.63) is 83.9 Å². The quantitative estimate of drug-likeness (QED) is 0.320. The van der Waals surface area contributed by atoms with Gasteiger partial charge in [0, 0.05) is 47.7 Å². The van der Waals surface area contributed by atoms with Crippen LogP contribution in [0.3, 0.4) is 0 Å². The van der Waals surface area contributed by atoms with E-state index in [9.17, 15) is 18.0 Å². The summed E-state index contributed by atoms with van der Waals surface area (Å²) in [6.45, 7) is 3.31. The topological polar surface area (TPSA) is 85.2 Å². The van der Waals surface area contributed by atoms with Crippen molar-refractivity contribution < 1.29 is 18.0 Å². The third-order valence-electron chi connectivity index (χ3n) is 6.61. The van der Waals surface area contributed by atoms with Gasteiger partial charge < -0.3 is 15.1 Å². The van der Waals surface area contributed by atoms with Crippen LogP contribution in [0.15, 0.2) is 72.8 Å². The highest BCUT2D eigenvalue weighted by molar-refractivity contribution is 6.00. The number of nitrogens with one attached hydrogen (secondary N) is 1. The molecule has 0 bridgehead atoms. The highest BCUT2D eigenvalue weighted by Crippen LogP contribution is 2.33. The predicted molar refractivity (Wildman–Crippen MR) is 146 cm³/mol. The number of hydrogen-bond donors (Lipinski definition) is 1. The van der Waals surface area contributed by atoms with Gasteiger partial charge in [-0.05, 0) is 43.3 Å². The van der Waals surface area contributed by atoms with E-state index in [4.69, 9.17) is 5.26 Å². The Kier molecular flexibility index (Phi) is 7.93. The Labute approximate surface area is 229 Å². The third kappa shape index (κ3) is 5.73. The highest BCUT2D eigenvalue weighted by atomic mass is 35.5. The fraction of sp³-hybridized carbons (Fsp3) is 0.214. The van der Waals surface area contributed by atoms with Crippen molar-refractivity contribution in [2.24, 2.45) is 0 Å². The zero-order valence-electron chi connectivity index (χ0n) is 20.8. The van der Waals surface area contributed by atoms with E-state index >= 15 is 0 Å². The number of anilines is 2. The summed E-state index contributed by atoms with van der Waals surface area (Å²) < 4.78 is 38.4. The van der Waals surface area contributed by atoms with E-state index in [1.54, 1.807) is 17.0 Å². The van der Waals surface area contributed by atoms with E-state index in [-0.39, 0.29) is 24.5 Å². The molecule has 2 amide bonds. The molecule has 0 unspecified atom stereocenters. The summed E-state index contributed by atoms with van der Waals surface area (Å²) in [6.07, 6.45) is -4.43. The number of halogens is 4. The van der Waals surface area contributed by atoms with Crippen LogP contribution in [0.2, 0.25) is 0 Å². The molecule has 0 aliphatic carbocycles. The van der Waals surface area contributed by atoms with Gasteiger partial charge in [0.05, 0.1) is 17.2 Å². The Bertz CT molecular complexity index is 1520. The lowest BCUT2D eigenvalue weighted by molar-refractivity contribution is -0.137. The molecule has 2 heterocycles. The lowest BCUT2D eigenvalue weighted by Gasteiger charge is -2.40. The average molecular weight is 553 g/mol. The Balaban J connectivity index is 0.00000353. The van der Waals surface area contributed by atoms with Crippen molar-refractivity contribution in [3.63, 3.8) is 0 Å². The van der Waals surface area contributed by atoms with Gasteiger partial charge in [0.25, 0.3) is 0 Å². The van der Waals surface area contributed by atoms with Crippen LogP contribution in [0.5, 0.6) is 0 Å². The molecule has 1 saturated heterocycles. The summed E-state index contributed by atoms with van der Waals surface area (Å²) in [4.78, 5) is 16.6. The lowest BCUT2D eigenvalue weighted by atomic mass is 10.0. The van der Waals surface area contributed by atoms with Gasteiger partial charge in [0.2, 0.25) is 0 Å². The smallest absolute Gasteiger partial charge is 0.348 e. The van der Waals surface area contributed by atoms with Gasteiger partial charge >= 0.3 is 12.2 Å². The maximum absolute atomic E-state index is 12.8. The van der Waals surface area contributed by atoms with Gasteiger partial charge in [-0.25, -0.2) is 4.79 Å². The van der Waals surface area contributed by atoms with Gasteiger partial charge in [-0.15, -0.1) is 22.6 Å². The van der Waals surface area contributed by atoms with Crippen LogP contribution in [0.1, 0.15) is 18.1 Å². The van der Waals surface area contributed by atoms with Crippen molar-refractivity contribution in [1.29, 1.82) is 5.26 Å². The zero-order valence-corrected chi connectivity index (χ0v) is 21.6. The number of fused-ring (bicyclic) bond motifs is 1. The Hall–Kier alpha value is -4.36. The molecule has 1 aliphatic heterocycles. The largest absolute Gasteiger partial charge is 0.416 e. The monoisotopic (exact) mass is 552 g/mol. The molecule has 1 fully saturated rings. The first-order valence-corrected chi connectivity index (χ1v) is 12.0. The second-order valence-corrected chi connectivity index (χ2v) is 9.10. The van der Waals surface area contributed by atoms with E-state index in [0.29, 0.717) is 36.7 Å². The Morgan fingerprint density at radius 2 is 1.64 bits per heavy atom. The summed E-state index contributed by atoms with van der Waals surface area (Å²) in [5, 5.41) is 22.7. The van der Waals surface area contributed by atoms with Crippen molar-refractivity contribution in [3.8, 4) is 17.3 Å². The molecule has 200 valence electrons. The van der Waals surface area contributed by atoms with E-state index in [0.717, 1.165) is 34.2 Å². The van der Waals surface area contributed by atoms with Gasteiger partial charge in [-0.2, -0.15) is 18.4 Å². The molecule has 4 aromatic rings. The molecule has 1 N–H and O–H groups in total. The number of carbonyl (C=O) groups is 1. The number of rotatable bonds is 3. The zero-order chi connectivity index (χ0) is 26.9. The van der Waals surface area contributed by atoms with Crippen molar-refractivity contribution in [2.45, 2.75) is 19.1 Å². The van der Waals surface area contributed by atoms with Gasteiger partial charge in [0.15, 0.2) is 5.82 Å². The molecule has 0 saturated carbocycles. The van der Waals surface area contributed by atoms with Crippen molar-refractivity contribution in [2.75, 3.05) is 29.9 Å². The standard InChI is InChI=1S/C28H23F3N6O.ClH/c1-18-17-36(27(38)33-22-12-10-21(11-13-22)28(29,30)31)14-15-37(18)26-24-5-3-2-4-23(24)25(34-35-26)20-8-6-19(16-32)7-9-20;/h2-13,18H,14-15,17H2,1H3,(H,33,38);1H/t18-;/m0./s1. The number of urea groups is 1. The predicted octanol–water partition coefficient (Wildman–Crippen LogP) is 6.35. The van der Waals surface area contributed by atoms with Crippen molar-refractivity contribution in [1.82, 2.24) is 15.1 Å². The summed E-state index contributed by atoms with van der Waals surface area (Å²) in [5.74, 6) is 0.716. The number of alkyl halides is 3. The lowest BCUT2D eigenvalue weighted by Crippen LogP contribution is -2.55. The average Bonchev–Trinajstić information content (AvgIpc) is 2.92. The molecule has 1 atom stereocenters. The normalized spacial score (nSPS) is 15.4. The molecule has 0 radical (unpaired) electrons. The van der Waals surface area contributed by atoms with Gasteiger partial charge in [0.1, 0.15) is 5.69 Å². The van der Waals surface area contributed by atoms with Crippen LogP contribution >= 0.6 is 12.4 Å². The molecule has 11 heteroatoms. The number of amides is 2. The number of nitrogens with zero attached hydrogens (tertiary/aromatic N) is 5. The Morgan fingerprint density at radius 1 is 0.974 bits per heavy atom. The second kappa shape index (κ2) is 11.2. The van der Waals surface area contributed by atoms with Crippen LogP contribution in [0.25, 0.3) is 22.0 Å². The third-order valence-corrected chi connectivity index (χ3v) is 6.61. The number of benzene rings is 3. The molecular weight excluding hydrogens is 529 g/mol. The molecule has 1 aromatic heterocycles. The van der Waals surface area contributed by atoms with E-state index in [1.807, 2.05) is 43.3 Å². The fourth-order valence-electron chi connectivity index (χ4n) is 4.62.